The van der Waals surface area contributed by atoms with Crippen molar-refractivity contribution in [3.05, 3.63) is 0 Å². The molecule has 0 radical (unpaired) electrons. The lowest BCUT2D eigenvalue weighted by Gasteiger charge is -2.17. The Labute approximate surface area is 62.6 Å². The first kappa shape index (κ1) is 9.94. The Morgan fingerprint density at radius 1 is 1.40 bits per heavy atom. The van der Waals surface area contributed by atoms with Gasteiger partial charge in [0, 0.05) is 12.0 Å². The Kier molecular flexibility index (Phi) is 4.69. The zero-order valence-electron chi connectivity index (χ0n) is 6.83. The molecule has 0 fully saturated rings. The summed E-state index contributed by atoms with van der Waals surface area (Å²) in [6.07, 6.45) is 0.732. The van der Waals surface area contributed by atoms with Crippen LogP contribution >= 0.6 is 0 Å². The van der Waals surface area contributed by atoms with Crippen molar-refractivity contribution in [2.24, 2.45) is 0 Å². The van der Waals surface area contributed by atoms with E-state index in [1.807, 2.05) is 20.8 Å². The highest BCUT2D eigenvalue weighted by molar-refractivity contribution is 6.43. The highest BCUT2D eigenvalue weighted by Crippen LogP contribution is 1.93. The van der Waals surface area contributed by atoms with E-state index >= 15 is 0 Å². The highest BCUT2D eigenvalue weighted by Gasteiger charge is 2.20. The van der Waals surface area contributed by atoms with Crippen molar-refractivity contribution >= 4 is 7.12 Å². The van der Waals surface area contributed by atoms with E-state index in [9.17, 15) is 0 Å². The van der Waals surface area contributed by atoms with Crippen molar-refractivity contribution in [1.29, 1.82) is 0 Å². The van der Waals surface area contributed by atoms with Crippen molar-refractivity contribution in [2.45, 2.75) is 39.2 Å². The van der Waals surface area contributed by atoms with Gasteiger partial charge < -0.3 is 15.4 Å². The third-order valence-corrected chi connectivity index (χ3v) is 1.35. The van der Waals surface area contributed by atoms with E-state index < -0.39 is 7.12 Å². The molecule has 0 amide bonds. The minimum Gasteiger partial charge on any atom is -0.426 e. The van der Waals surface area contributed by atoms with Crippen LogP contribution in [0.25, 0.3) is 0 Å². The molecule has 0 saturated heterocycles. The van der Waals surface area contributed by atoms with E-state index in [0.717, 1.165) is 6.42 Å². The average Bonchev–Trinajstić information content (AvgIpc) is 1.81. The first-order valence-electron chi connectivity index (χ1n) is 3.70. The predicted molar refractivity (Wildman–Crippen MR) is 42.5 cm³/mol. The summed E-state index contributed by atoms with van der Waals surface area (Å²) in [5, 5.41) is 20.5. The zero-order valence-corrected chi connectivity index (χ0v) is 6.83. The Bertz CT molecular complexity index is 87.8. The van der Waals surface area contributed by atoms with Crippen molar-refractivity contribution in [3.8, 4) is 0 Å². The molecule has 0 aliphatic heterocycles. The molecule has 0 rings (SSSR count). The van der Waals surface area contributed by atoms with Gasteiger partial charge in [0.2, 0.25) is 0 Å². The maximum Gasteiger partial charge on any atom is 0.469 e. The lowest BCUT2D eigenvalue weighted by molar-refractivity contribution is 0.357. The Morgan fingerprint density at radius 3 is 2.00 bits per heavy atom. The summed E-state index contributed by atoms with van der Waals surface area (Å²) in [4.78, 5) is 0. The molecule has 0 heterocycles. The summed E-state index contributed by atoms with van der Waals surface area (Å²) in [5.74, 6) is -0.194. The van der Waals surface area contributed by atoms with E-state index in [4.69, 9.17) is 10.0 Å². The Balaban J connectivity index is 3.60. The number of rotatable bonds is 4. The van der Waals surface area contributed by atoms with Crippen LogP contribution in [-0.2, 0) is 0 Å². The molecular weight excluding hydrogens is 129 g/mol. The van der Waals surface area contributed by atoms with Gasteiger partial charge in [-0.05, 0) is 6.42 Å². The van der Waals surface area contributed by atoms with E-state index in [1.165, 1.54) is 0 Å². The summed E-state index contributed by atoms with van der Waals surface area (Å²) in [6, 6.07) is 0.298. The first-order valence-corrected chi connectivity index (χ1v) is 3.70. The van der Waals surface area contributed by atoms with E-state index in [-0.39, 0.29) is 5.94 Å². The fourth-order valence-electron chi connectivity index (χ4n) is 0.843. The van der Waals surface area contributed by atoms with Gasteiger partial charge in [-0.3, -0.25) is 0 Å². The normalized spacial score (nSPS) is 13.8. The maximum atomic E-state index is 8.75. The van der Waals surface area contributed by atoms with Crippen LogP contribution in [0.2, 0.25) is 0 Å². The van der Waals surface area contributed by atoms with Gasteiger partial charge in [-0.15, -0.1) is 0 Å². The van der Waals surface area contributed by atoms with Gasteiger partial charge in [0.15, 0.2) is 0 Å². The topological polar surface area (TPSA) is 52.5 Å². The molecule has 1 atom stereocenters. The molecule has 0 saturated carbocycles. The summed E-state index contributed by atoms with van der Waals surface area (Å²) >= 11 is 0. The lowest BCUT2D eigenvalue weighted by atomic mass is 9.77. The molecule has 60 valence electrons. The van der Waals surface area contributed by atoms with Gasteiger partial charge in [0.1, 0.15) is 0 Å². The van der Waals surface area contributed by atoms with E-state index in [0.29, 0.717) is 6.04 Å². The van der Waals surface area contributed by atoms with Crippen LogP contribution < -0.4 is 5.32 Å². The molecule has 3 nitrogen and oxygen atoms in total. The molecule has 0 aromatic carbocycles. The summed E-state index contributed by atoms with van der Waals surface area (Å²) < 4.78 is 0. The third-order valence-electron chi connectivity index (χ3n) is 1.35. The molecule has 4 heteroatoms. The quantitative estimate of drug-likeness (QED) is 0.479. The lowest BCUT2D eigenvalue weighted by Crippen LogP contribution is -2.46. The standard InChI is InChI=1S/C6H16BNO2/c1-4-6(7(9)10)8-5(2)3/h5-6,8-10H,4H2,1-3H3/t6-/m1/s1. The van der Waals surface area contributed by atoms with Crippen molar-refractivity contribution in [2.75, 3.05) is 0 Å². The van der Waals surface area contributed by atoms with Crippen molar-refractivity contribution in [3.63, 3.8) is 0 Å². The minimum atomic E-state index is -1.24. The molecule has 0 aliphatic carbocycles. The van der Waals surface area contributed by atoms with Gasteiger partial charge in [-0.2, -0.15) is 0 Å². The number of hydrogen-bond acceptors (Lipinski definition) is 3. The second-order valence-electron chi connectivity index (χ2n) is 2.75. The second-order valence-corrected chi connectivity index (χ2v) is 2.75. The maximum absolute atomic E-state index is 8.75. The van der Waals surface area contributed by atoms with Gasteiger partial charge in [-0.1, -0.05) is 20.8 Å². The fourth-order valence-corrected chi connectivity index (χ4v) is 0.843. The molecule has 0 aromatic heterocycles. The molecule has 3 N–H and O–H groups in total. The van der Waals surface area contributed by atoms with E-state index in [2.05, 4.69) is 5.32 Å². The number of nitrogens with one attached hydrogen (secondary N) is 1. The van der Waals surface area contributed by atoms with Gasteiger partial charge >= 0.3 is 7.12 Å². The van der Waals surface area contributed by atoms with Gasteiger partial charge in [-0.25, -0.2) is 0 Å². The molecule has 0 unspecified atom stereocenters. The highest BCUT2D eigenvalue weighted by atomic mass is 16.4. The number of hydrogen-bond donors (Lipinski definition) is 3. The van der Waals surface area contributed by atoms with Crippen LogP contribution in [0.3, 0.4) is 0 Å². The van der Waals surface area contributed by atoms with Crippen molar-refractivity contribution < 1.29 is 10.0 Å². The monoisotopic (exact) mass is 145 g/mol. The fraction of sp³-hybridized carbons (Fsp3) is 1.00. The molecule has 0 aromatic rings. The molecule has 0 spiro atoms. The smallest absolute Gasteiger partial charge is 0.426 e. The van der Waals surface area contributed by atoms with Gasteiger partial charge in [0.25, 0.3) is 0 Å². The molecule has 10 heavy (non-hydrogen) atoms. The first-order chi connectivity index (χ1) is 4.57. The molecule has 0 bridgehead atoms. The van der Waals surface area contributed by atoms with Crippen LogP contribution in [0.1, 0.15) is 27.2 Å². The zero-order chi connectivity index (χ0) is 8.15. The van der Waals surface area contributed by atoms with Crippen LogP contribution in [0.15, 0.2) is 0 Å². The average molecular weight is 145 g/mol. The summed E-state index contributed by atoms with van der Waals surface area (Å²) in [6.45, 7) is 5.87. The predicted octanol–water partition coefficient (Wildman–Crippen LogP) is -0.225. The van der Waals surface area contributed by atoms with Crippen LogP contribution in [0.4, 0.5) is 0 Å². The third kappa shape index (κ3) is 3.87. The van der Waals surface area contributed by atoms with Crippen molar-refractivity contribution in [1.82, 2.24) is 5.32 Å². The SMILES string of the molecule is CC[C@@H](NC(C)C)B(O)O. The van der Waals surface area contributed by atoms with Crippen LogP contribution in [0.5, 0.6) is 0 Å². The second kappa shape index (κ2) is 4.71. The largest absolute Gasteiger partial charge is 0.469 e. The summed E-state index contributed by atoms with van der Waals surface area (Å²) in [5.41, 5.74) is 0. The molecule has 0 aliphatic rings. The molecular formula is C6H16BNO2. The van der Waals surface area contributed by atoms with Gasteiger partial charge in [0.05, 0.1) is 0 Å². The Hall–Kier alpha value is -0.0551. The Morgan fingerprint density at radius 2 is 1.90 bits per heavy atom. The van der Waals surface area contributed by atoms with E-state index in [1.54, 1.807) is 0 Å². The van der Waals surface area contributed by atoms with Crippen LogP contribution in [-0.4, -0.2) is 29.1 Å². The summed E-state index contributed by atoms with van der Waals surface area (Å²) in [7, 11) is -1.24. The minimum absolute atomic E-state index is 0.194. The van der Waals surface area contributed by atoms with Crippen LogP contribution in [0, 0.1) is 0 Å².